The van der Waals surface area contributed by atoms with Crippen LogP contribution in [0.5, 0.6) is 28.7 Å². The van der Waals surface area contributed by atoms with Gasteiger partial charge in [-0.1, -0.05) is 0 Å². The van der Waals surface area contributed by atoms with Gasteiger partial charge in [-0.25, -0.2) is 0 Å². The molecule has 2 aromatic carbocycles. The second-order valence-electron chi connectivity index (χ2n) is 10.3. The van der Waals surface area contributed by atoms with Crippen LogP contribution in [0, 0.1) is 0 Å². The van der Waals surface area contributed by atoms with Gasteiger partial charge in [-0.3, -0.25) is 4.79 Å². The van der Waals surface area contributed by atoms with Crippen molar-refractivity contribution in [1.29, 1.82) is 0 Å². The molecule has 2 saturated heterocycles. The molecule has 3 heterocycles. The summed E-state index contributed by atoms with van der Waals surface area (Å²) in [6.07, 6.45) is -16.2. The average Bonchev–Trinajstić information content (AvgIpc) is 2.96. The lowest BCUT2D eigenvalue weighted by atomic mass is 9.98. The van der Waals surface area contributed by atoms with Crippen molar-refractivity contribution in [3.63, 3.8) is 0 Å². The van der Waals surface area contributed by atoms with Crippen LogP contribution in [0.4, 0.5) is 0 Å². The van der Waals surface area contributed by atoms with Crippen molar-refractivity contribution in [2.24, 2.45) is 0 Å². The molecular formula is C27H30O16. The molecule has 43 heavy (non-hydrogen) atoms. The number of aliphatic hydroxyl groups is 6. The number of benzene rings is 2. The quantitative estimate of drug-likeness (QED) is 0.140. The van der Waals surface area contributed by atoms with E-state index in [9.17, 15) is 55.9 Å². The number of aromatic hydroxyl groups is 4. The third kappa shape index (κ3) is 5.67. The lowest BCUT2D eigenvalue weighted by molar-refractivity contribution is -0.318. The molecule has 0 spiro atoms. The number of ether oxygens (including phenoxy) is 4. The topological polar surface area (TPSA) is 269 Å². The number of hydrogen-bond donors (Lipinski definition) is 10. The molecule has 10 atom stereocenters. The first-order valence-corrected chi connectivity index (χ1v) is 13.0. The lowest BCUT2D eigenvalue weighted by Gasteiger charge is -2.42. The standard InChI is InChI=1S/C27H30O16/c1-8-17(32)20(35)22(37)26(40-8)39-7-15-18(33)21(36)23(38)27(42-15)43-25-19(34)16-13(31)5-10(28)6-14(16)41-24(25)9-2-3-11(29)12(30)4-9/h2-6,8,15,17-18,20-23,26-33,35-38H,7H2,1H3/t8-,15-,17+,18+,20-,21-,22+,23-,26-,27+/m0/s1. The largest absolute Gasteiger partial charge is 0.508 e. The van der Waals surface area contributed by atoms with Crippen LogP contribution in [-0.4, -0.2) is 119 Å². The number of fused-ring (bicyclic) bond motifs is 1. The normalized spacial score (nSPS) is 33.0. The second-order valence-corrected chi connectivity index (χ2v) is 10.3. The number of hydrogen-bond acceptors (Lipinski definition) is 16. The Labute approximate surface area is 241 Å². The van der Waals surface area contributed by atoms with Crippen LogP contribution in [0.25, 0.3) is 22.3 Å². The van der Waals surface area contributed by atoms with Crippen LogP contribution < -0.4 is 10.2 Å². The summed E-state index contributed by atoms with van der Waals surface area (Å²) in [6.45, 7) is 0.818. The minimum Gasteiger partial charge on any atom is -0.508 e. The zero-order chi connectivity index (χ0) is 31.3. The van der Waals surface area contributed by atoms with Crippen LogP contribution in [0.3, 0.4) is 0 Å². The highest BCUT2D eigenvalue weighted by atomic mass is 16.7. The van der Waals surface area contributed by atoms with Crippen molar-refractivity contribution in [3.8, 4) is 40.1 Å². The zero-order valence-corrected chi connectivity index (χ0v) is 22.3. The fourth-order valence-corrected chi connectivity index (χ4v) is 4.84. The fourth-order valence-electron chi connectivity index (χ4n) is 4.84. The average molecular weight is 611 g/mol. The Balaban J connectivity index is 1.48. The van der Waals surface area contributed by atoms with Gasteiger partial charge in [-0.2, -0.15) is 0 Å². The van der Waals surface area contributed by atoms with E-state index in [-0.39, 0.29) is 11.1 Å². The minimum absolute atomic E-state index is 0.0313. The molecule has 2 aliphatic heterocycles. The van der Waals surface area contributed by atoms with E-state index < -0.39 is 113 Å². The highest BCUT2D eigenvalue weighted by Crippen LogP contribution is 2.39. The van der Waals surface area contributed by atoms with E-state index in [1.807, 2.05) is 0 Å². The molecule has 10 N–H and O–H groups in total. The van der Waals surface area contributed by atoms with Crippen molar-refractivity contribution >= 4 is 11.0 Å². The summed E-state index contributed by atoms with van der Waals surface area (Å²) in [6, 6.07) is 5.24. The van der Waals surface area contributed by atoms with Crippen LogP contribution in [0.2, 0.25) is 0 Å². The van der Waals surface area contributed by atoms with Gasteiger partial charge >= 0.3 is 0 Å². The molecule has 5 rings (SSSR count). The van der Waals surface area contributed by atoms with E-state index >= 15 is 0 Å². The molecule has 1 aromatic heterocycles. The Bertz CT molecular complexity index is 1540. The van der Waals surface area contributed by atoms with E-state index in [0.717, 1.165) is 24.3 Å². The molecular weight excluding hydrogens is 580 g/mol. The van der Waals surface area contributed by atoms with Crippen molar-refractivity contribution in [2.75, 3.05) is 6.61 Å². The molecule has 0 radical (unpaired) electrons. The summed E-state index contributed by atoms with van der Waals surface area (Å²) in [4.78, 5) is 13.6. The van der Waals surface area contributed by atoms with Crippen molar-refractivity contribution in [3.05, 3.63) is 40.6 Å². The summed E-state index contributed by atoms with van der Waals surface area (Å²) in [5, 5.41) is 101. The summed E-state index contributed by atoms with van der Waals surface area (Å²) < 4.78 is 27.8. The smallest absolute Gasteiger partial charge is 0.239 e. The van der Waals surface area contributed by atoms with E-state index in [4.69, 9.17) is 23.4 Å². The summed E-state index contributed by atoms with van der Waals surface area (Å²) in [7, 11) is 0. The van der Waals surface area contributed by atoms with Gasteiger partial charge in [0.25, 0.3) is 0 Å². The Hall–Kier alpha value is -3.71. The Morgan fingerprint density at radius 2 is 1.42 bits per heavy atom. The Morgan fingerprint density at radius 1 is 0.744 bits per heavy atom. The number of aliphatic hydroxyl groups excluding tert-OH is 6. The minimum atomic E-state index is -1.97. The van der Waals surface area contributed by atoms with Crippen LogP contribution in [0.1, 0.15) is 6.92 Å². The van der Waals surface area contributed by atoms with Gasteiger partial charge in [-0.05, 0) is 25.1 Å². The van der Waals surface area contributed by atoms with E-state index in [1.54, 1.807) is 0 Å². The van der Waals surface area contributed by atoms with Gasteiger partial charge in [0.1, 0.15) is 65.2 Å². The summed E-state index contributed by atoms with van der Waals surface area (Å²) in [5.41, 5.74) is -1.35. The Kier molecular flexibility index (Phi) is 8.41. The van der Waals surface area contributed by atoms with Gasteiger partial charge in [0.05, 0.1) is 12.7 Å². The maximum absolute atomic E-state index is 13.6. The first-order valence-electron chi connectivity index (χ1n) is 13.0. The molecule has 16 nitrogen and oxygen atoms in total. The summed E-state index contributed by atoms with van der Waals surface area (Å²) in [5.74, 6) is -3.33. The predicted molar refractivity (Wildman–Crippen MR) is 140 cm³/mol. The fraction of sp³-hybridized carbons (Fsp3) is 0.444. The van der Waals surface area contributed by atoms with E-state index in [0.29, 0.717) is 0 Å². The van der Waals surface area contributed by atoms with Gasteiger partial charge in [0.15, 0.2) is 23.5 Å². The molecule has 2 aliphatic rings. The highest BCUT2D eigenvalue weighted by molar-refractivity contribution is 5.88. The summed E-state index contributed by atoms with van der Waals surface area (Å²) >= 11 is 0. The molecule has 0 amide bonds. The van der Waals surface area contributed by atoms with E-state index in [2.05, 4.69) is 0 Å². The number of phenolic OH excluding ortho intramolecular Hbond substituents is 4. The maximum atomic E-state index is 13.6. The van der Waals surface area contributed by atoms with Gasteiger partial charge in [0.2, 0.25) is 17.5 Å². The third-order valence-electron chi connectivity index (χ3n) is 7.29. The van der Waals surface area contributed by atoms with Crippen molar-refractivity contribution in [1.82, 2.24) is 0 Å². The Morgan fingerprint density at radius 3 is 2.12 bits per heavy atom. The first-order chi connectivity index (χ1) is 20.3. The molecule has 2 fully saturated rings. The van der Waals surface area contributed by atoms with Crippen molar-refractivity contribution in [2.45, 2.75) is 68.3 Å². The molecule has 0 aliphatic carbocycles. The SMILES string of the molecule is C[C@@H]1O[C@H](OC[C@@H]2O[C@H](Oc3c(-c4ccc(O)c(O)c4)oc4cc(O)cc(O)c4c3=O)[C@@H](O)[C@@H](O)[C@@H]2O)[C@H](O)[C@@H](O)[C@@H]1O. The number of phenols is 4. The highest BCUT2D eigenvalue weighted by Gasteiger charge is 2.47. The monoisotopic (exact) mass is 610 g/mol. The van der Waals surface area contributed by atoms with Crippen molar-refractivity contribution < 1.29 is 74.4 Å². The third-order valence-corrected chi connectivity index (χ3v) is 7.29. The van der Waals surface area contributed by atoms with E-state index in [1.165, 1.54) is 13.0 Å². The molecule has 0 unspecified atom stereocenters. The molecule has 16 heteroatoms. The van der Waals surface area contributed by atoms with Gasteiger partial charge in [0, 0.05) is 17.7 Å². The van der Waals surface area contributed by atoms with Crippen LogP contribution in [-0.2, 0) is 14.2 Å². The second kappa shape index (κ2) is 11.8. The zero-order valence-electron chi connectivity index (χ0n) is 22.3. The first kappa shape index (κ1) is 30.7. The van der Waals surface area contributed by atoms with Gasteiger partial charge in [-0.15, -0.1) is 0 Å². The number of rotatable bonds is 6. The molecule has 3 aromatic rings. The molecule has 234 valence electrons. The van der Waals surface area contributed by atoms with Crippen LogP contribution >= 0.6 is 0 Å². The van der Waals surface area contributed by atoms with Gasteiger partial charge < -0.3 is 74.4 Å². The molecule has 0 saturated carbocycles. The predicted octanol–water partition coefficient (Wildman–Crippen LogP) is -1.69. The lowest BCUT2D eigenvalue weighted by Crippen LogP contribution is -2.61. The molecule has 0 bridgehead atoms. The van der Waals surface area contributed by atoms with Crippen LogP contribution in [0.15, 0.2) is 39.5 Å². The maximum Gasteiger partial charge on any atom is 0.239 e.